The summed E-state index contributed by atoms with van der Waals surface area (Å²) < 4.78 is 10.8. The molecule has 0 fully saturated rings. The summed E-state index contributed by atoms with van der Waals surface area (Å²) >= 11 is 1.83. The van der Waals surface area contributed by atoms with Gasteiger partial charge in [-0.05, 0) is 55.8 Å². The van der Waals surface area contributed by atoms with Crippen LogP contribution >= 0.6 is 11.3 Å². The highest BCUT2D eigenvalue weighted by atomic mass is 32.1. The second-order valence-electron chi connectivity index (χ2n) is 5.00. The van der Waals surface area contributed by atoms with Crippen molar-refractivity contribution in [3.63, 3.8) is 0 Å². The molecule has 0 bridgehead atoms. The van der Waals surface area contributed by atoms with E-state index in [1.807, 2.05) is 17.4 Å². The van der Waals surface area contributed by atoms with E-state index in [9.17, 15) is 0 Å². The summed E-state index contributed by atoms with van der Waals surface area (Å²) in [6, 6.07) is 8.67. The van der Waals surface area contributed by atoms with Crippen LogP contribution in [-0.2, 0) is 0 Å². The number of methoxy groups -OCH3 is 2. The van der Waals surface area contributed by atoms with Crippen LogP contribution in [0.3, 0.4) is 0 Å². The number of rotatable bonds is 6. The lowest BCUT2D eigenvalue weighted by atomic mass is 9.99. The van der Waals surface area contributed by atoms with E-state index in [0.29, 0.717) is 0 Å². The van der Waals surface area contributed by atoms with Gasteiger partial charge in [-0.1, -0.05) is 6.92 Å². The van der Waals surface area contributed by atoms with E-state index in [-0.39, 0.29) is 6.04 Å². The zero-order chi connectivity index (χ0) is 15.4. The second kappa shape index (κ2) is 6.96. The first-order valence-electron chi connectivity index (χ1n) is 7.13. The van der Waals surface area contributed by atoms with Gasteiger partial charge in [0.2, 0.25) is 0 Å². The first kappa shape index (κ1) is 15.9. The van der Waals surface area contributed by atoms with Gasteiger partial charge in [-0.2, -0.15) is 0 Å². The summed E-state index contributed by atoms with van der Waals surface area (Å²) in [5.74, 6) is 1.55. The normalized spacial score (nSPS) is 12.2. The molecule has 1 aromatic heterocycles. The van der Waals surface area contributed by atoms with E-state index in [1.54, 1.807) is 14.2 Å². The summed E-state index contributed by atoms with van der Waals surface area (Å²) in [7, 11) is 3.34. The summed E-state index contributed by atoms with van der Waals surface area (Å²) in [6.07, 6.45) is 0. The lowest BCUT2D eigenvalue weighted by molar-refractivity contribution is 0.354. The fourth-order valence-corrected chi connectivity index (χ4v) is 3.46. The fourth-order valence-electron chi connectivity index (χ4n) is 2.48. The van der Waals surface area contributed by atoms with Gasteiger partial charge in [-0.15, -0.1) is 11.3 Å². The Morgan fingerprint density at radius 3 is 2.29 bits per heavy atom. The molecule has 114 valence electrons. The highest BCUT2D eigenvalue weighted by Gasteiger charge is 2.19. The van der Waals surface area contributed by atoms with Gasteiger partial charge < -0.3 is 14.8 Å². The van der Waals surface area contributed by atoms with Crippen molar-refractivity contribution in [3.8, 4) is 11.5 Å². The maximum atomic E-state index is 5.45. The predicted molar refractivity (Wildman–Crippen MR) is 88.9 cm³/mol. The molecule has 3 nitrogen and oxygen atoms in total. The minimum Gasteiger partial charge on any atom is -0.493 e. The van der Waals surface area contributed by atoms with E-state index in [0.717, 1.165) is 18.0 Å². The van der Waals surface area contributed by atoms with Crippen molar-refractivity contribution < 1.29 is 9.47 Å². The maximum absolute atomic E-state index is 5.45. The quantitative estimate of drug-likeness (QED) is 0.872. The minimum atomic E-state index is 0.188. The lowest BCUT2D eigenvalue weighted by Crippen LogP contribution is -2.22. The van der Waals surface area contributed by atoms with Gasteiger partial charge >= 0.3 is 0 Å². The van der Waals surface area contributed by atoms with Crippen molar-refractivity contribution in [2.24, 2.45) is 0 Å². The Kier molecular flexibility index (Phi) is 5.26. The zero-order valence-corrected chi connectivity index (χ0v) is 14.1. The van der Waals surface area contributed by atoms with Gasteiger partial charge in [0.15, 0.2) is 11.5 Å². The molecule has 1 atom stereocenters. The molecule has 2 rings (SSSR count). The Hall–Kier alpha value is -1.52. The van der Waals surface area contributed by atoms with Crippen LogP contribution in [0.5, 0.6) is 11.5 Å². The fraction of sp³-hybridized carbons (Fsp3) is 0.412. The molecule has 1 N–H and O–H groups in total. The van der Waals surface area contributed by atoms with Crippen LogP contribution in [0, 0.1) is 13.8 Å². The van der Waals surface area contributed by atoms with Gasteiger partial charge in [-0.25, -0.2) is 0 Å². The average Bonchev–Trinajstić information content (AvgIpc) is 2.91. The second-order valence-corrected chi connectivity index (χ2v) is 6.32. The molecule has 0 saturated carbocycles. The van der Waals surface area contributed by atoms with E-state index in [2.05, 4.69) is 44.3 Å². The van der Waals surface area contributed by atoms with Crippen molar-refractivity contribution in [2.75, 3.05) is 20.8 Å². The molecule has 0 aliphatic carbocycles. The smallest absolute Gasteiger partial charge is 0.161 e. The molecule has 1 heterocycles. The number of thiophene rings is 1. The highest BCUT2D eigenvalue weighted by Crippen LogP contribution is 2.36. The van der Waals surface area contributed by atoms with Crippen LogP contribution in [0.15, 0.2) is 24.3 Å². The van der Waals surface area contributed by atoms with Gasteiger partial charge in [0.1, 0.15) is 0 Å². The lowest BCUT2D eigenvalue weighted by Gasteiger charge is -2.21. The van der Waals surface area contributed by atoms with E-state index >= 15 is 0 Å². The molecule has 1 unspecified atom stereocenters. The third kappa shape index (κ3) is 3.39. The van der Waals surface area contributed by atoms with Gasteiger partial charge in [0.05, 0.1) is 20.3 Å². The van der Waals surface area contributed by atoms with Crippen molar-refractivity contribution in [1.29, 1.82) is 0 Å². The molecule has 0 aliphatic heterocycles. The Morgan fingerprint density at radius 1 is 1.10 bits per heavy atom. The van der Waals surface area contributed by atoms with Crippen molar-refractivity contribution in [2.45, 2.75) is 26.8 Å². The Bertz CT molecular complexity index is 607. The van der Waals surface area contributed by atoms with Gasteiger partial charge in [-0.3, -0.25) is 0 Å². The molecule has 0 saturated heterocycles. The minimum absolute atomic E-state index is 0.188. The standard InChI is InChI=1S/C17H23NO2S/c1-6-18-17(16-8-7-12(3)21-16)13-10-15(20-5)14(19-4)9-11(13)2/h7-10,17-18H,6H2,1-5H3. The topological polar surface area (TPSA) is 30.5 Å². The summed E-state index contributed by atoms with van der Waals surface area (Å²) in [5.41, 5.74) is 2.43. The van der Waals surface area contributed by atoms with Crippen LogP contribution < -0.4 is 14.8 Å². The predicted octanol–water partition coefficient (Wildman–Crippen LogP) is 4.08. The van der Waals surface area contributed by atoms with Crippen LogP contribution in [0.4, 0.5) is 0 Å². The maximum Gasteiger partial charge on any atom is 0.161 e. The van der Waals surface area contributed by atoms with Crippen LogP contribution in [0.25, 0.3) is 0 Å². The van der Waals surface area contributed by atoms with E-state index in [4.69, 9.17) is 9.47 Å². The molecule has 0 amide bonds. The molecule has 2 aromatic rings. The summed E-state index contributed by atoms with van der Waals surface area (Å²) in [4.78, 5) is 2.65. The van der Waals surface area contributed by atoms with E-state index in [1.165, 1.54) is 20.9 Å². The molecule has 4 heteroatoms. The van der Waals surface area contributed by atoms with Crippen molar-refractivity contribution in [1.82, 2.24) is 5.32 Å². The molecule has 0 radical (unpaired) electrons. The number of nitrogens with one attached hydrogen (secondary N) is 1. The van der Waals surface area contributed by atoms with Crippen LogP contribution in [-0.4, -0.2) is 20.8 Å². The Balaban J connectivity index is 2.49. The zero-order valence-electron chi connectivity index (χ0n) is 13.3. The molecular formula is C17H23NO2S. The highest BCUT2D eigenvalue weighted by molar-refractivity contribution is 7.12. The monoisotopic (exact) mass is 305 g/mol. The molecule has 1 aromatic carbocycles. The molecule has 21 heavy (non-hydrogen) atoms. The number of hydrogen-bond acceptors (Lipinski definition) is 4. The molecular weight excluding hydrogens is 282 g/mol. The van der Waals surface area contributed by atoms with Crippen molar-refractivity contribution in [3.05, 3.63) is 45.1 Å². The van der Waals surface area contributed by atoms with Gasteiger partial charge in [0.25, 0.3) is 0 Å². The number of hydrogen-bond donors (Lipinski definition) is 1. The first-order valence-corrected chi connectivity index (χ1v) is 7.94. The first-order chi connectivity index (χ1) is 10.1. The van der Waals surface area contributed by atoms with Crippen LogP contribution in [0.2, 0.25) is 0 Å². The third-order valence-corrected chi connectivity index (χ3v) is 4.60. The summed E-state index contributed by atoms with van der Waals surface area (Å²) in [5, 5.41) is 3.57. The Morgan fingerprint density at radius 2 is 1.76 bits per heavy atom. The van der Waals surface area contributed by atoms with Crippen LogP contribution in [0.1, 0.15) is 33.8 Å². The number of ether oxygens (including phenoxy) is 2. The largest absolute Gasteiger partial charge is 0.493 e. The number of benzene rings is 1. The SMILES string of the molecule is CCNC(c1ccc(C)s1)c1cc(OC)c(OC)cc1C. The average molecular weight is 305 g/mol. The number of aryl methyl sites for hydroxylation is 2. The molecule has 0 aliphatic rings. The summed E-state index contributed by atoms with van der Waals surface area (Å²) in [6.45, 7) is 7.29. The molecule has 0 spiro atoms. The van der Waals surface area contributed by atoms with E-state index < -0.39 is 0 Å². The third-order valence-electron chi connectivity index (χ3n) is 3.54. The Labute approximate surface area is 130 Å². The van der Waals surface area contributed by atoms with Gasteiger partial charge in [0, 0.05) is 9.75 Å². The van der Waals surface area contributed by atoms with Crippen molar-refractivity contribution >= 4 is 11.3 Å².